The number of ether oxygens (including phenoxy) is 1. The molecule has 3 heteroatoms. The van der Waals surface area contributed by atoms with Gasteiger partial charge in [-0.05, 0) is 57.7 Å². The molecule has 118 valence electrons. The lowest BCUT2D eigenvalue weighted by Crippen LogP contribution is -2.53. The quantitative estimate of drug-likeness (QED) is 0.926. The number of nitrogens with two attached hydrogens (primary N) is 1. The Labute approximate surface area is 129 Å². The molecule has 1 aliphatic heterocycles. The maximum atomic E-state index is 6.47. The second-order valence-electron chi connectivity index (χ2n) is 6.74. The fourth-order valence-corrected chi connectivity index (χ4v) is 3.32. The summed E-state index contributed by atoms with van der Waals surface area (Å²) in [6, 6.07) is 5.12. The van der Waals surface area contributed by atoms with Crippen molar-refractivity contribution in [2.24, 2.45) is 5.73 Å². The maximum absolute atomic E-state index is 6.47. The third kappa shape index (κ3) is 4.06. The lowest BCUT2D eigenvalue weighted by atomic mass is 9.92. The van der Waals surface area contributed by atoms with Gasteiger partial charge in [0.15, 0.2) is 0 Å². The van der Waals surface area contributed by atoms with E-state index in [1.165, 1.54) is 22.3 Å². The van der Waals surface area contributed by atoms with E-state index in [0.717, 1.165) is 26.1 Å². The highest BCUT2D eigenvalue weighted by molar-refractivity contribution is 5.38. The number of aryl methyl sites for hydroxylation is 3. The summed E-state index contributed by atoms with van der Waals surface area (Å²) in [5.41, 5.74) is 11.9. The summed E-state index contributed by atoms with van der Waals surface area (Å²) in [6.45, 7) is 13.8. The fourth-order valence-electron chi connectivity index (χ4n) is 3.32. The van der Waals surface area contributed by atoms with Crippen molar-refractivity contribution in [1.82, 2.24) is 4.90 Å². The zero-order valence-electron chi connectivity index (χ0n) is 14.1. The molecule has 1 fully saturated rings. The summed E-state index contributed by atoms with van der Waals surface area (Å²) in [4.78, 5) is 2.46. The number of hydrogen-bond donors (Lipinski definition) is 1. The van der Waals surface area contributed by atoms with Gasteiger partial charge in [-0.2, -0.15) is 0 Å². The van der Waals surface area contributed by atoms with Gasteiger partial charge in [-0.1, -0.05) is 17.7 Å². The Bertz CT molecular complexity index is 461. The zero-order valence-corrected chi connectivity index (χ0v) is 14.1. The first-order valence-corrected chi connectivity index (χ1v) is 8.06. The molecular formula is C18H30N2O. The van der Waals surface area contributed by atoms with E-state index in [2.05, 4.69) is 51.7 Å². The molecule has 2 atom stereocenters. The molecule has 2 N–H and O–H groups in total. The molecule has 0 spiro atoms. The van der Waals surface area contributed by atoms with Gasteiger partial charge < -0.3 is 10.5 Å². The number of nitrogens with zero attached hydrogens (tertiary/aromatic N) is 1. The Balaban J connectivity index is 2.06. The first kappa shape index (κ1) is 16.5. The van der Waals surface area contributed by atoms with Crippen LogP contribution in [0.4, 0.5) is 0 Å². The molecule has 1 heterocycles. The summed E-state index contributed by atoms with van der Waals surface area (Å²) >= 11 is 0. The summed E-state index contributed by atoms with van der Waals surface area (Å²) < 4.78 is 5.93. The molecule has 1 aromatic carbocycles. The summed E-state index contributed by atoms with van der Waals surface area (Å²) in [5.74, 6) is 0. The van der Waals surface area contributed by atoms with Crippen LogP contribution in [-0.4, -0.2) is 42.8 Å². The van der Waals surface area contributed by atoms with Crippen LogP contribution >= 0.6 is 0 Å². The molecule has 1 aromatic rings. The van der Waals surface area contributed by atoms with Gasteiger partial charge in [-0.15, -0.1) is 0 Å². The van der Waals surface area contributed by atoms with Crippen LogP contribution in [0.5, 0.6) is 0 Å². The maximum Gasteiger partial charge on any atom is 0.0856 e. The third-order valence-electron chi connectivity index (χ3n) is 4.61. The second kappa shape index (κ2) is 6.91. The van der Waals surface area contributed by atoms with E-state index in [0.29, 0.717) is 6.04 Å². The predicted octanol–water partition coefficient (Wildman–Crippen LogP) is 2.59. The second-order valence-corrected chi connectivity index (χ2v) is 6.74. The van der Waals surface area contributed by atoms with E-state index in [4.69, 9.17) is 10.5 Å². The highest BCUT2D eigenvalue weighted by Crippen LogP contribution is 2.20. The van der Waals surface area contributed by atoms with Crippen molar-refractivity contribution in [3.05, 3.63) is 34.4 Å². The molecule has 1 saturated heterocycles. The van der Waals surface area contributed by atoms with Gasteiger partial charge in [0, 0.05) is 25.2 Å². The fraction of sp³-hybridized carbons (Fsp3) is 0.667. The van der Waals surface area contributed by atoms with E-state index >= 15 is 0 Å². The Hall–Kier alpha value is -0.900. The average molecular weight is 290 g/mol. The largest absolute Gasteiger partial charge is 0.374 e. The minimum Gasteiger partial charge on any atom is -0.374 e. The highest BCUT2D eigenvalue weighted by atomic mass is 16.5. The predicted molar refractivity (Wildman–Crippen MR) is 88.8 cm³/mol. The smallest absolute Gasteiger partial charge is 0.0856 e. The van der Waals surface area contributed by atoms with Crippen molar-refractivity contribution in [2.45, 2.75) is 59.2 Å². The van der Waals surface area contributed by atoms with Crippen molar-refractivity contribution in [1.29, 1.82) is 0 Å². The van der Waals surface area contributed by atoms with Crippen LogP contribution in [0, 0.1) is 20.8 Å². The van der Waals surface area contributed by atoms with Crippen LogP contribution in [-0.2, 0) is 11.2 Å². The van der Waals surface area contributed by atoms with Gasteiger partial charge in [-0.3, -0.25) is 4.90 Å². The zero-order chi connectivity index (χ0) is 15.6. The van der Waals surface area contributed by atoms with E-state index in [1.807, 2.05) is 0 Å². The molecular weight excluding hydrogens is 260 g/mol. The van der Waals surface area contributed by atoms with Crippen LogP contribution < -0.4 is 5.73 Å². The number of morpholine rings is 1. The number of benzene rings is 1. The molecule has 2 rings (SSSR count). The van der Waals surface area contributed by atoms with Crippen LogP contribution in [0.3, 0.4) is 0 Å². The van der Waals surface area contributed by atoms with Crippen molar-refractivity contribution in [3.63, 3.8) is 0 Å². The van der Waals surface area contributed by atoms with Crippen molar-refractivity contribution in [2.75, 3.05) is 19.7 Å². The Kier molecular flexibility index (Phi) is 5.42. The average Bonchev–Trinajstić information content (AvgIpc) is 2.42. The molecule has 0 bridgehead atoms. The van der Waals surface area contributed by atoms with Crippen LogP contribution in [0.1, 0.15) is 36.1 Å². The Morgan fingerprint density at radius 3 is 2.43 bits per heavy atom. The van der Waals surface area contributed by atoms with E-state index in [-0.39, 0.29) is 12.1 Å². The van der Waals surface area contributed by atoms with Gasteiger partial charge >= 0.3 is 0 Å². The van der Waals surface area contributed by atoms with Crippen molar-refractivity contribution >= 4 is 0 Å². The van der Waals surface area contributed by atoms with Crippen LogP contribution in [0.2, 0.25) is 0 Å². The van der Waals surface area contributed by atoms with Crippen molar-refractivity contribution in [3.8, 4) is 0 Å². The van der Waals surface area contributed by atoms with Gasteiger partial charge in [0.05, 0.1) is 12.7 Å². The van der Waals surface area contributed by atoms with Gasteiger partial charge in [0.2, 0.25) is 0 Å². The van der Waals surface area contributed by atoms with Crippen molar-refractivity contribution < 1.29 is 4.74 Å². The topological polar surface area (TPSA) is 38.5 Å². The molecule has 0 radical (unpaired) electrons. The highest BCUT2D eigenvalue weighted by Gasteiger charge is 2.27. The van der Waals surface area contributed by atoms with Gasteiger partial charge in [0.25, 0.3) is 0 Å². The van der Waals surface area contributed by atoms with Gasteiger partial charge in [0.1, 0.15) is 0 Å². The molecule has 0 aliphatic carbocycles. The first-order chi connectivity index (χ1) is 9.88. The van der Waals surface area contributed by atoms with Crippen LogP contribution in [0.25, 0.3) is 0 Å². The summed E-state index contributed by atoms with van der Waals surface area (Å²) in [6.07, 6.45) is 1.04. The SMILES string of the molecule is Cc1cc(C)c(CC(N)C2CN(C(C)C)CCO2)c(C)c1. The molecule has 0 amide bonds. The third-order valence-corrected chi connectivity index (χ3v) is 4.61. The lowest BCUT2D eigenvalue weighted by molar-refractivity contribution is -0.0495. The molecule has 21 heavy (non-hydrogen) atoms. The van der Waals surface area contributed by atoms with E-state index in [1.54, 1.807) is 0 Å². The number of hydrogen-bond acceptors (Lipinski definition) is 3. The molecule has 0 aromatic heterocycles. The lowest BCUT2D eigenvalue weighted by Gasteiger charge is -2.38. The summed E-state index contributed by atoms with van der Waals surface area (Å²) in [7, 11) is 0. The standard InChI is InChI=1S/C18H30N2O/c1-12(2)20-6-7-21-18(11-20)17(19)10-16-14(4)8-13(3)9-15(16)5/h8-9,12,17-18H,6-7,10-11,19H2,1-5H3. The monoisotopic (exact) mass is 290 g/mol. The first-order valence-electron chi connectivity index (χ1n) is 8.06. The molecule has 3 nitrogen and oxygen atoms in total. The van der Waals surface area contributed by atoms with E-state index < -0.39 is 0 Å². The Morgan fingerprint density at radius 1 is 1.24 bits per heavy atom. The minimum atomic E-state index is 0.0617. The molecule has 2 unspecified atom stereocenters. The molecule has 1 aliphatic rings. The normalized spacial score (nSPS) is 21.8. The summed E-state index contributed by atoms with van der Waals surface area (Å²) in [5, 5.41) is 0. The number of rotatable bonds is 4. The van der Waals surface area contributed by atoms with Crippen LogP contribution in [0.15, 0.2) is 12.1 Å². The Morgan fingerprint density at radius 2 is 1.86 bits per heavy atom. The molecule has 0 saturated carbocycles. The minimum absolute atomic E-state index is 0.0617. The van der Waals surface area contributed by atoms with Gasteiger partial charge in [-0.25, -0.2) is 0 Å². The van der Waals surface area contributed by atoms with E-state index in [9.17, 15) is 0 Å².